The van der Waals surface area contributed by atoms with E-state index < -0.39 is 0 Å². The molecule has 5 heteroatoms. The number of imidazole rings is 1. The average Bonchev–Trinajstić information content (AvgIpc) is 2.81. The van der Waals surface area contributed by atoms with E-state index in [1.54, 1.807) is 4.40 Å². The van der Waals surface area contributed by atoms with E-state index >= 15 is 0 Å². The van der Waals surface area contributed by atoms with Crippen molar-refractivity contribution in [2.24, 2.45) is 0 Å². The summed E-state index contributed by atoms with van der Waals surface area (Å²) in [4.78, 5) is 17.8. The maximum absolute atomic E-state index is 11.3. The van der Waals surface area contributed by atoms with Crippen molar-refractivity contribution in [2.45, 2.75) is 19.8 Å². The zero-order valence-electron chi connectivity index (χ0n) is 11.1. The highest BCUT2D eigenvalue weighted by atomic mass is 16.3. The molecule has 0 bridgehead atoms. The molecule has 1 N–H and O–H groups in total. The second-order valence-corrected chi connectivity index (χ2v) is 4.43. The van der Waals surface area contributed by atoms with Crippen LogP contribution in [0.15, 0.2) is 24.4 Å². The van der Waals surface area contributed by atoms with Crippen LogP contribution in [0.2, 0.25) is 0 Å². The number of anilines is 1. The molecule has 2 rings (SSSR count). The van der Waals surface area contributed by atoms with E-state index in [4.69, 9.17) is 0 Å². The van der Waals surface area contributed by atoms with Gasteiger partial charge in [-0.15, -0.1) is 0 Å². The maximum Gasteiger partial charge on any atom is 0.170 e. The average molecular weight is 261 g/mol. The summed E-state index contributed by atoms with van der Waals surface area (Å²) < 4.78 is 1.78. The number of rotatable bonds is 7. The van der Waals surface area contributed by atoms with Gasteiger partial charge in [-0.3, -0.25) is 9.20 Å². The molecule has 0 fully saturated rings. The highest BCUT2D eigenvalue weighted by molar-refractivity contribution is 5.83. The van der Waals surface area contributed by atoms with Crippen LogP contribution in [0.5, 0.6) is 0 Å². The normalized spacial score (nSPS) is 10.8. The minimum atomic E-state index is 0.0515. The minimum absolute atomic E-state index is 0.0515. The van der Waals surface area contributed by atoms with E-state index in [0.717, 1.165) is 31.3 Å². The van der Waals surface area contributed by atoms with E-state index in [2.05, 4.69) is 11.9 Å². The second kappa shape index (κ2) is 6.33. The molecule has 2 aromatic heterocycles. The van der Waals surface area contributed by atoms with Crippen molar-refractivity contribution in [3.63, 3.8) is 0 Å². The number of pyridine rings is 1. The molecule has 0 unspecified atom stereocenters. The first-order valence-corrected chi connectivity index (χ1v) is 6.60. The zero-order valence-corrected chi connectivity index (χ0v) is 11.1. The number of fused-ring (bicyclic) bond motifs is 1. The van der Waals surface area contributed by atoms with Crippen LogP contribution >= 0.6 is 0 Å². The van der Waals surface area contributed by atoms with Crippen molar-refractivity contribution in [1.82, 2.24) is 9.38 Å². The van der Waals surface area contributed by atoms with Crippen molar-refractivity contribution in [3.8, 4) is 0 Å². The van der Waals surface area contributed by atoms with Crippen molar-refractivity contribution < 1.29 is 9.90 Å². The third kappa shape index (κ3) is 2.76. The van der Waals surface area contributed by atoms with Crippen LogP contribution in [0.3, 0.4) is 0 Å². The van der Waals surface area contributed by atoms with Crippen LogP contribution in [0.1, 0.15) is 30.3 Å². The molecule has 102 valence electrons. The van der Waals surface area contributed by atoms with E-state index in [0.29, 0.717) is 18.1 Å². The summed E-state index contributed by atoms with van der Waals surface area (Å²) in [6.07, 6.45) is 4.72. The number of aliphatic hydroxyl groups is 1. The summed E-state index contributed by atoms with van der Waals surface area (Å²) in [5.74, 6) is 0.656. The fraction of sp³-hybridized carbons (Fsp3) is 0.429. The van der Waals surface area contributed by atoms with Crippen LogP contribution in [0.4, 0.5) is 5.82 Å². The Balaban J connectivity index is 2.42. The van der Waals surface area contributed by atoms with Crippen LogP contribution < -0.4 is 4.90 Å². The molecule has 0 saturated carbocycles. The lowest BCUT2D eigenvalue weighted by Gasteiger charge is -2.21. The number of carbonyl (C=O) groups excluding carboxylic acids is 1. The van der Waals surface area contributed by atoms with Gasteiger partial charge >= 0.3 is 0 Å². The molecule has 19 heavy (non-hydrogen) atoms. The van der Waals surface area contributed by atoms with Crippen LogP contribution in [-0.2, 0) is 0 Å². The van der Waals surface area contributed by atoms with Gasteiger partial charge in [0.15, 0.2) is 12.1 Å². The molecular formula is C14H19N3O2. The molecular weight excluding hydrogens is 242 g/mol. The van der Waals surface area contributed by atoms with Crippen molar-refractivity contribution in [2.75, 3.05) is 24.6 Å². The number of aliphatic hydroxyl groups excluding tert-OH is 1. The number of carbonyl (C=O) groups is 1. The first-order valence-electron chi connectivity index (χ1n) is 6.60. The number of hydrogen-bond donors (Lipinski definition) is 1. The van der Waals surface area contributed by atoms with Crippen LogP contribution in [0.25, 0.3) is 5.65 Å². The molecule has 0 amide bonds. The summed E-state index contributed by atoms with van der Waals surface area (Å²) in [5, 5.41) is 9.17. The van der Waals surface area contributed by atoms with Gasteiger partial charge in [-0.25, -0.2) is 4.98 Å². The zero-order chi connectivity index (χ0) is 13.7. The first kappa shape index (κ1) is 13.5. The summed E-state index contributed by atoms with van der Waals surface area (Å²) in [5.41, 5.74) is 1.29. The van der Waals surface area contributed by atoms with E-state index in [1.807, 2.05) is 29.3 Å². The fourth-order valence-corrected chi connectivity index (χ4v) is 2.14. The highest BCUT2D eigenvalue weighted by Crippen LogP contribution is 2.20. The Morgan fingerprint density at radius 2 is 2.26 bits per heavy atom. The number of unbranched alkanes of at least 4 members (excludes halogenated alkanes) is 1. The predicted molar refractivity (Wildman–Crippen MR) is 74.8 cm³/mol. The van der Waals surface area contributed by atoms with Gasteiger partial charge in [-0.2, -0.15) is 0 Å². The number of nitrogens with zero attached hydrogens (tertiary/aromatic N) is 3. The largest absolute Gasteiger partial charge is 0.395 e. The predicted octanol–water partition coefficient (Wildman–Crippen LogP) is 1.75. The van der Waals surface area contributed by atoms with Gasteiger partial charge in [-0.1, -0.05) is 19.4 Å². The SMILES string of the molecule is CCCCN(CCO)c1nc2ccccn2c1C=O. The number of aromatic nitrogens is 2. The van der Waals surface area contributed by atoms with E-state index in [1.165, 1.54) is 0 Å². The van der Waals surface area contributed by atoms with E-state index in [9.17, 15) is 9.90 Å². The molecule has 0 atom stereocenters. The molecule has 0 aliphatic heterocycles. The molecule has 0 spiro atoms. The van der Waals surface area contributed by atoms with Gasteiger partial charge in [0, 0.05) is 19.3 Å². The lowest BCUT2D eigenvalue weighted by Crippen LogP contribution is -2.29. The molecule has 2 aromatic rings. The van der Waals surface area contributed by atoms with Crippen LogP contribution in [0, 0.1) is 0 Å². The van der Waals surface area contributed by atoms with Gasteiger partial charge in [0.05, 0.1) is 6.61 Å². The van der Waals surface area contributed by atoms with Crippen molar-refractivity contribution in [3.05, 3.63) is 30.1 Å². The summed E-state index contributed by atoms with van der Waals surface area (Å²) in [6, 6.07) is 5.63. The fourth-order valence-electron chi connectivity index (χ4n) is 2.14. The summed E-state index contributed by atoms with van der Waals surface area (Å²) in [6.45, 7) is 3.45. The Morgan fingerprint density at radius 3 is 2.95 bits per heavy atom. The second-order valence-electron chi connectivity index (χ2n) is 4.43. The standard InChI is InChI=1S/C14H19N3O2/c1-2-3-7-16(9-10-18)14-12(11-19)17-8-5-4-6-13(17)15-14/h4-6,8,11,18H,2-3,7,9-10H2,1H3. The number of hydrogen-bond acceptors (Lipinski definition) is 4. The lowest BCUT2D eigenvalue weighted by molar-refractivity contribution is 0.111. The monoisotopic (exact) mass is 261 g/mol. The molecule has 5 nitrogen and oxygen atoms in total. The molecule has 0 aromatic carbocycles. The topological polar surface area (TPSA) is 57.8 Å². The first-order chi connectivity index (χ1) is 9.31. The Morgan fingerprint density at radius 1 is 1.42 bits per heavy atom. The summed E-state index contributed by atoms with van der Waals surface area (Å²) in [7, 11) is 0. The van der Waals surface area contributed by atoms with E-state index in [-0.39, 0.29) is 6.61 Å². The third-order valence-corrected chi connectivity index (χ3v) is 3.11. The molecule has 0 aliphatic carbocycles. The number of aldehydes is 1. The third-order valence-electron chi connectivity index (χ3n) is 3.11. The molecule has 0 radical (unpaired) electrons. The Bertz CT molecular complexity index is 551. The lowest BCUT2D eigenvalue weighted by atomic mass is 10.3. The highest BCUT2D eigenvalue weighted by Gasteiger charge is 2.16. The quantitative estimate of drug-likeness (QED) is 0.771. The van der Waals surface area contributed by atoms with Crippen LogP contribution in [-0.4, -0.2) is 40.5 Å². The molecule has 0 saturated heterocycles. The van der Waals surface area contributed by atoms with Gasteiger partial charge in [0.2, 0.25) is 0 Å². The summed E-state index contributed by atoms with van der Waals surface area (Å²) >= 11 is 0. The Kier molecular flexibility index (Phi) is 4.52. The smallest absolute Gasteiger partial charge is 0.170 e. The van der Waals surface area contributed by atoms with Gasteiger partial charge in [0.1, 0.15) is 11.3 Å². The van der Waals surface area contributed by atoms with Gasteiger partial charge in [-0.05, 0) is 18.6 Å². The van der Waals surface area contributed by atoms with Gasteiger partial charge in [0.25, 0.3) is 0 Å². The minimum Gasteiger partial charge on any atom is -0.395 e. The molecule has 0 aliphatic rings. The molecule has 2 heterocycles. The Labute approximate surface area is 112 Å². The van der Waals surface area contributed by atoms with Crippen molar-refractivity contribution >= 4 is 17.8 Å². The Hall–Kier alpha value is -1.88. The maximum atomic E-state index is 11.3. The van der Waals surface area contributed by atoms with Gasteiger partial charge < -0.3 is 10.0 Å². The van der Waals surface area contributed by atoms with Crippen molar-refractivity contribution in [1.29, 1.82) is 0 Å².